The molecule has 11 heavy (non-hydrogen) atoms. The van der Waals surface area contributed by atoms with Crippen molar-refractivity contribution in [1.82, 2.24) is 0 Å². The zero-order chi connectivity index (χ0) is 9.28. The number of hydrogen-bond acceptors (Lipinski definition) is 4. The number of ether oxygens (including phenoxy) is 1. The van der Waals surface area contributed by atoms with Crippen molar-refractivity contribution in [3.63, 3.8) is 0 Å². The van der Waals surface area contributed by atoms with Crippen molar-refractivity contribution in [2.75, 3.05) is 19.1 Å². The van der Waals surface area contributed by atoms with E-state index in [4.69, 9.17) is 5.73 Å². The van der Waals surface area contributed by atoms with Crippen molar-refractivity contribution in [3.8, 4) is 0 Å². The minimum atomic E-state index is -0.468. The molecule has 0 aromatic carbocycles. The molecule has 2 N–H and O–H groups in total. The van der Waals surface area contributed by atoms with Gasteiger partial charge in [0.15, 0.2) is 0 Å². The van der Waals surface area contributed by atoms with Gasteiger partial charge >= 0.3 is 5.97 Å². The second kappa shape index (κ2) is 9.78. The summed E-state index contributed by atoms with van der Waals surface area (Å²) in [6.45, 7) is 4.00. The summed E-state index contributed by atoms with van der Waals surface area (Å²) in [4.78, 5) is 10.5. The predicted octanol–water partition coefficient (Wildman–Crippen LogP) is 0.876. The van der Waals surface area contributed by atoms with Gasteiger partial charge in [0.1, 0.15) is 6.04 Å². The van der Waals surface area contributed by atoms with Gasteiger partial charge in [0.25, 0.3) is 0 Å². The second-order valence-electron chi connectivity index (χ2n) is 1.58. The van der Waals surface area contributed by atoms with Crippen LogP contribution >= 0.6 is 11.8 Å². The van der Waals surface area contributed by atoms with Crippen molar-refractivity contribution < 1.29 is 9.53 Å². The molecule has 1 atom stereocenters. The van der Waals surface area contributed by atoms with Crippen LogP contribution in [-0.2, 0) is 9.53 Å². The number of esters is 1. The first kappa shape index (κ1) is 13.4. The fourth-order valence-electron chi connectivity index (χ4n) is 0.399. The standard InChI is InChI=1S/C5H11NO2S.C2H6/c1-8-5(7)4(6)3-9-2;1-2/h4H,3,6H2,1-2H3;1-2H3. The number of thioether (sulfide) groups is 1. The van der Waals surface area contributed by atoms with E-state index in [-0.39, 0.29) is 5.97 Å². The molecule has 1 unspecified atom stereocenters. The Morgan fingerprint density at radius 2 is 2.09 bits per heavy atom. The topological polar surface area (TPSA) is 52.3 Å². The van der Waals surface area contributed by atoms with Gasteiger partial charge in [-0.15, -0.1) is 0 Å². The molecule has 3 nitrogen and oxygen atoms in total. The van der Waals surface area contributed by atoms with Crippen molar-refractivity contribution >= 4 is 17.7 Å². The van der Waals surface area contributed by atoms with Crippen LogP contribution in [0.3, 0.4) is 0 Å². The summed E-state index contributed by atoms with van der Waals surface area (Å²) in [5.41, 5.74) is 5.34. The number of rotatable bonds is 3. The summed E-state index contributed by atoms with van der Waals surface area (Å²) in [5.74, 6) is 0.275. The molecular formula is C7H17NO2S. The highest BCUT2D eigenvalue weighted by molar-refractivity contribution is 7.98. The van der Waals surface area contributed by atoms with Gasteiger partial charge in [-0.25, -0.2) is 0 Å². The third-order valence-electron chi connectivity index (χ3n) is 0.850. The fraction of sp³-hybridized carbons (Fsp3) is 0.857. The maximum absolute atomic E-state index is 10.5. The van der Waals surface area contributed by atoms with Gasteiger partial charge in [-0.2, -0.15) is 11.8 Å². The van der Waals surface area contributed by atoms with Gasteiger partial charge < -0.3 is 10.5 Å². The number of nitrogens with two attached hydrogens (primary N) is 1. The van der Waals surface area contributed by atoms with Gasteiger partial charge in [-0.1, -0.05) is 13.8 Å². The van der Waals surface area contributed by atoms with Crippen LogP contribution in [0.2, 0.25) is 0 Å². The predicted molar refractivity (Wildman–Crippen MR) is 49.7 cm³/mol. The lowest BCUT2D eigenvalue weighted by atomic mass is 10.4. The Labute approximate surface area is 72.7 Å². The molecule has 0 aliphatic rings. The Kier molecular flexibility index (Phi) is 11.9. The molecule has 0 saturated carbocycles. The lowest BCUT2D eigenvalue weighted by Crippen LogP contribution is -2.33. The van der Waals surface area contributed by atoms with Gasteiger partial charge in [0.05, 0.1) is 7.11 Å². The zero-order valence-corrected chi connectivity index (χ0v) is 8.40. The van der Waals surface area contributed by atoms with Crippen LogP contribution in [0.15, 0.2) is 0 Å². The molecule has 4 heteroatoms. The third kappa shape index (κ3) is 7.68. The molecule has 0 amide bonds. The van der Waals surface area contributed by atoms with Crippen molar-refractivity contribution in [2.24, 2.45) is 5.73 Å². The SMILES string of the molecule is CC.COC(=O)C(N)CSC. The summed E-state index contributed by atoms with van der Waals surface area (Å²) in [7, 11) is 1.34. The molecule has 0 aliphatic carbocycles. The van der Waals surface area contributed by atoms with Gasteiger partial charge in [0, 0.05) is 5.75 Å². The third-order valence-corrected chi connectivity index (χ3v) is 1.54. The van der Waals surface area contributed by atoms with Crippen LogP contribution in [-0.4, -0.2) is 31.1 Å². The molecule has 0 aromatic rings. The van der Waals surface area contributed by atoms with E-state index in [1.54, 1.807) is 0 Å². The normalized spacial score (nSPS) is 11.0. The van der Waals surface area contributed by atoms with E-state index >= 15 is 0 Å². The number of carbonyl (C=O) groups is 1. The molecule has 0 spiro atoms. The first-order valence-electron chi connectivity index (χ1n) is 3.54. The van der Waals surface area contributed by atoms with E-state index in [0.29, 0.717) is 5.75 Å². The van der Waals surface area contributed by atoms with Crippen LogP contribution in [0.1, 0.15) is 13.8 Å². The van der Waals surface area contributed by atoms with Crippen LogP contribution in [0, 0.1) is 0 Å². The number of hydrogen-bond donors (Lipinski definition) is 1. The molecule has 0 aliphatic heterocycles. The smallest absolute Gasteiger partial charge is 0.323 e. The van der Waals surface area contributed by atoms with Gasteiger partial charge in [-0.05, 0) is 6.26 Å². The largest absolute Gasteiger partial charge is 0.468 e. The Balaban J connectivity index is 0. The van der Waals surface area contributed by atoms with Crippen LogP contribution in [0.25, 0.3) is 0 Å². The highest BCUT2D eigenvalue weighted by Gasteiger charge is 2.11. The second-order valence-corrected chi connectivity index (χ2v) is 2.50. The van der Waals surface area contributed by atoms with E-state index in [1.165, 1.54) is 18.9 Å². The molecule has 0 aromatic heterocycles. The van der Waals surface area contributed by atoms with Gasteiger partial charge in [-0.3, -0.25) is 4.79 Å². The van der Waals surface area contributed by atoms with E-state index in [9.17, 15) is 4.79 Å². The minimum Gasteiger partial charge on any atom is -0.468 e. The van der Waals surface area contributed by atoms with Crippen molar-refractivity contribution in [1.29, 1.82) is 0 Å². The van der Waals surface area contributed by atoms with Crippen LogP contribution in [0.4, 0.5) is 0 Å². The highest BCUT2D eigenvalue weighted by atomic mass is 32.2. The lowest BCUT2D eigenvalue weighted by Gasteiger charge is -2.05. The summed E-state index contributed by atoms with van der Waals surface area (Å²) in [6, 6.07) is -0.468. The lowest BCUT2D eigenvalue weighted by molar-refractivity contribution is -0.141. The summed E-state index contributed by atoms with van der Waals surface area (Å²) in [6.07, 6.45) is 1.89. The van der Waals surface area contributed by atoms with Gasteiger partial charge in [0.2, 0.25) is 0 Å². The molecule has 0 bridgehead atoms. The minimum absolute atomic E-state index is 0.343. The Morgan fingerprint density at radius 3 is 2.36 bits per heavy atom. The molecule has 0 saturated heterocycles. The Bertz CT molecular complexity index is 98.4. The molecule has 0 heterocycles. The summed E-state index contributed by atoms with van der Waals surface area (Å²) < 4.78 is 4.39. The number of carbonyl (C=O) groups excluding carboxylic acids is 1. The van der Waals surface area contributed by atoms with Crippen LogP contribution < -0.4 is 5.73 Å². The quantitative estimate of drug-likeness (QED) is 0.653. The zero-order valence-electron chi connectivity index (χ0n) is 7.59. The Hall–Kier alpha value is -0.220. The van der Waals surface area contributed by atoms with Crippen LogP contribution in [0.5, 0.6) is 0 Å². The maximum atomic E-state index is 10.5. The van der Waals surface area contributed by atoms with E-state index < -0.39 is 6.04 Å². The molecule has 0 fully saturated rings. The highest BCUT2D eigenvalue weighted by Crippen LogP contribution is 1.95. The van der Waals surface area contributed by atoms with Crippen molar-refractivity contribution in [2.45, 2.75) is 19.9 Å². The average Bonchev–Trinajstić information content (AvgIpc) is 2.07. The van der Waals surface area contributed by atoms with E-state index in [2.05, 4.69) is 4.74 Å². The van der Waals surface area contributed by atoms with E-state index in [0.717, 1.165) is 0 Å². The average molecular weight is 179 g/mol. The first-order valence-corrected chi connectivity index (χ1v) is 4.94. The fourth-order valence-corrected chi connectivity index (χ4v) is 0.894. The maximum Gasteiger partial charge on any atom is 0.323 e. The first-order chi connectivity index (χ1) is 5.22. The monoisotopic (exact) mass is 179 g/mol. The van der Waals surface area contributed by atoms with E-state index in [1.807, 2.05) is 20.1 Å². The molecular weight excluding hydrogens is 162 g/mol. The molecule has 0 radical (unpaired) electrons. The molecule has 0 rings (SSSR count). The summed E-state index contributed by atoms with van der Waals surface area (Å²) in [5, 5.41) is 0. The number of methoxy groups -OCH3 is 1. The summed E-state index contributed by atoms with van der Waals surface area (Å²) >= 11 is 1.53. The molecule has 68 valence electrons. The van der Waals surface area contributed by atoms with Crippen molar-refractivity contribution in [3.05, 3.63) is 0 Å². The Morgan fingerprint density at radius 1 is 1.64 bits per heavy atom.